The van der Waals surface area contributed by atoms with E-state index in [1.54, 1.807) is 34.9 Å². The second-order valence-electron chi connectivity index (χ2n) is 8.66. The molecule has 0 fully saturated rings. The minimum absolute atomic E-state index is 0.0534. The first kappa shape index (κ1) is 20.3. The normalized spacial score (nSPS) is 15.0. The van der Waals surface area contributed by atoms with Crippen molar-refractivity contribution in [2.75, 3.05) is 5.32 Å². The number of halogens is 1. The molecular weight excluding hydrogens is 429 g/mol. The number of hydrogen-bond donors (Lipinski definition) is 2. The van der Waals surface area contributed by atoms with Crippen LogP contribution in [0, 0.1) is 5.82 Å². The molecule has 1 aliphatic heterocycles. The lowest BCUT2D eigenvalue weighted by molar-refractivity contribution is -0.524. The van der Waals surface area contributed by atoms with Gasteiger partial charge in [0, 0.05) is 18.2 Å². The van der Waals surface area contributed by atoms with Crippen molar-refractivity contribution in [3.8, 4) is 0 Å². The minimum Gasteiger partial charge on any atom is -0.348 e. The third kappa shape index (κ3) is 3.44. The van der Waals surface area contributed by atoms with Gasteiger partial charge in [0.1, 0.15) is 11.5 Å². The number of carbonyl (C=O) groups excluding carboxylic acids is 1. The van der Waals surface area contributed by atoms with E-state index in [9.17, 15) is 14.0 Å². The molecule has 5 aromatic rings. The Hall–Kier alpha value is -4.32. The second-order valence-corrected chi connectivity index (χ2v) is 8.66. The Kier molecular flexibility index (Phi) is 4.73. The van der Waals surface area contributed by atoms with E-state index < -0.39 is 6.04 Å². The highest BCUT2D eigenvalue weighted by Crippen LogP contribution is 2.28. The van der Waals surface area contributed by atoms with Crippen LogP contribution >= 0.6 is 0 Å². The molecule has 2 N–H and O–H groups in total. The standard InChI is InChI=1S/C28H20FN3O2/c29-20-9-6-18(7-10-20)15-24-28(34)32-25-13-8-19-16-21(33)11-12-22(19)26(25)30-23(27(32)31-24)14-17-4-2-1-3-5-17/h1-13,16,24,33H,14-15H2/p+1. The maximum absolute atomic E-state index is 13.6. The molecule has 166 valence electrons. The van der Waals surface area contributed by atoms with Gasteiger partial charge in [-0.05, 0) is 59.0 Å². The Morgan fingerprint density at radius 3 is 2.44 bits per heavy atom. The summed E-state index contributed by atoms with van der Waals surface area (Å²) in [5.41, 5.74) is 4.38. The molecule has 2 heterocycles. The molecule has 0 saturated carbocycles. The molecule has 0 saturated heterocycles. The number of aromatic nitrogens is 2. The maximum atomic E-state index is 13.6. The maximum Gasteiger partial charge on any atom is 0.359 e. The Morgan fingerprint density at radius 1 is 0.853 bits per heavy atom. The van der Waals surface area contributed by atoms with E-state index in [2.05, 4.69) is 22.4 Å². The summed E-state index contributed by atoms with van der Waals surface area (Å²) in [4.78, 5) is 29.1. The van der Waals surface area contributed by atoms with E-state index in [0.717, 1.165) is 44.4 Å². The zero-order valence-electron chi connectivity index (χ0n) is 18.2. The molecule has 6 rings (SSSR count). The van der Waals surface area contributed by atoms with E-state index in [1.807, 2.05) is 30.3 Å². The molecule has 5 nitrogen and oxygen atoms in total. The van der Waals surface area contributed by atoms with Gasteiger partial charge in [-0.1, -0.05) is 42.5 Å². The van der Waals surface area contributed by atoms with Gasteiger partial charge in [0.05, 0.1) is 5.52 Å². The van der Waals surface area contributed by atoms with Crippen molar-refractivity contribution in [2.45, 2.75) is 18.9 Å². The molecule has 1 unspecified atom stereocenters. The molecule has 0 aliphatic carbocycles. The summed E-state index contributed by atoms with van der Waals surface area (Å²) < 4.78 is 15.1. The van der Waals surface area contributed by atoms with Crippen LogP contribution in [-0.4, -0.2) is 16.9 Å². The van der Waals surface area contributed by atoms with Crippen molar-refractivity contribution in [1.82, 2.24) is 4.98 Å². The fraction of sp³-hybridized carbons (Fsp3) is 0.107. The summed E-state index contributed by atoms with van der Waals surface area (Å²) in [5.74, 6) is 0.367. The molecule has 0 spiro atoms. The highest BCUT2D eigenvalue weighted by molar-refractivity contribution is 6.04. The summed E-state index contributed by atoms with van der Waals surface area (Å²) >= 11 is 0. The fourth-order valence-electron chi connectivity index (χ4n) is 4.77. The average Bonchev–Trinajstić information content (AvgIpc) is 3.17. The number of rotatable bonds is 4. The number of benzene rings is 4. The lowest BCUT2D eigenvalue weighted by atomic mass is 10.1. The van der Waals surface area contributed by atoms with Crippen LogP contribution in [0.25, 0.3) is 21.8 Å². The van der Waals surface area contributed by atoms with Crippen LogP contribution in [0.1, 0.15) is 21.6 Å². The molecule has 0 radical (unpaired) electrons. The summed E-state index contributed by atoms with van der Waals surface area (Å²) in [7, 11) is 0. The number of H-pyrrole nitrogens is 1. The number of anilines is 1. The van der Waals surface area contributed by atoms with E-state index in [4.69, 9.17) is 0 Å². The van der Waals surface area contributed by atoms with Crippen LogP contribution in [0.4, 0.5) is 10.2 Å². The van der Waals surface area contributed by atoms with Crippen molar-refractivity contribution in [2.24, 2.45) is 0 Å². The third-order valence-electron chi connectivity index (χ3n) is 6.40. The molecular formula is C28H21FN3O2+. The van der Waals surface area contributed by atoms with Crippen LogP contribution in [0.15, 0.2) is 89.7 Å². The van der Waals surface area contributed by atoms with Crippen molar-refractivity contribution >= 4 is 33.5 Å². The van der Waals surface area contributed by atoms with Gasteiger partial charge >= 0.3 is 11.7 Å². The van der Waals surface area contributed by atoms with Gasteiger partial charge in [0.15, 0.2) is 17.0 Å². The van der Waals surface area contributed by atoms with E-state index in [-0.39, 0.29) is 17.2 Å². The van der Waals surface area contributed by atoms with Crippen LogP contribution < -0.4 is 15.3 Å². The second kappa shape index (κ2) is 7.92. The molecule has 1 atom stereocenters. The quantitative estimate of drug-likeness (QED) is 0.316. The summed E-state index contributed by atoms with van der Waals surface area (Å²) in [6.45, 7) is 0. The SMILES string of the molecule is O=C1C(Cc2ccc(F)cc2)Nc2c(Cc3ccccc3)[nH]c3c4ccc(=O)cc4ccc3[n+]21. The average molecular weight is 450 g/mol. The van der Waals surface area contributed by atoms with Crippen LogP contribution in [-0.2, 0) is 12.8 Å². The predicted molar refractivity (Wildman–Crippen MR) is 130 cm³/mol. The topological polar surface area (TPSA) is 65.8 Å². The van der Waals surface area contributed by atoms with Crippen molar-refractivity contribution < 1.29 is 13.8 Å². The van der Waals surface area contributed by atoms with Gasteiger partial charge in [0.2, 0.25) is 0 Å². The molecule has 1 aliphatic rings. The number of aromatic amines is 1. The Bertz CT molecular complexity index is 1630. The lowest BCUT2D eigenvalue weighted by Crippen LogP contribution is -2.44. The summed E-state index contributed by atoms with van der Waals surface area (Å²) in [6.07, 6.45) is 1.05. The lowest BCUT2D eigenvalue weighted by Gasteiger charge is -2.10. The zero-order valence-corrected chi connectivity index (χ0v) is 18.2. The number of hydrogen-bond acceptors (Lipinski definition) is 3. The van der Waals surface area contributed by atoms with E-state index >= 15 is 0 Å². The first-order chi connectivity index (χ1) is 16.6. The van der Waals surface area contributed by atoms with Gasteiger partial charge in [-0.2, -0.15) is 4.57 Å². The van der Waals surface area contributed by atoms with Crippen molar-refractivity contribution in [3.63, 3.8) is 0 Å². The minimum atomic E-state index is -0.473. The summed E-state index contributed by atoms with van der Waals surface area (Å²) in [6, 6.07) is 24.5. The third-order valence-corrected chi connectivity index (χ3v) is 6.40. The Morgan fingerprint density at radius 2 is 1.65 bits per heavy atom. The monoisotopic (exact) mass is 450 g/mol. The van der Waals surface area contributed by atoms with E-state index in [0.29, 0.717) is 12.8 Å². The van der Waals surface area contributed by atoms with Crippen LogP contribution in [0.5, 0.6) is 0 Å². The molecule has 1 aromatic heterocycles. The Balaban J connectivity index is 1.52. The number of fused-ring (bicyclic) bond motifs is 5. The Labute approximate surface area is 194 Å². The first-order valence-electron chi connectivity index (χ1n) is 11.2. The van der Waals surface area contributed by atoms with Gasteiger partial charge in [0.25, 0.3) is 0 Å². The zero-order chi connectivity index (χ0) is 23.2. The van der Waals surface area contributed by atoms with Crippen LogP contribution in [0.3, 0.4) is 0 Å². The molecule has 0 bridgehead atoms. The number of nitrogens with one attached hydrogen (secondary N) is 2. The predicted octanol–water partition coefficient (Wildman–Crippen LogP) is 4.38. The van der Waals surface area contributed by atoms with Gasteiger partial charge in [-0.3, -0.25) is 10.1 Å². The smallest absolute Gasteiger partial charge is 0.348 e. The molecule has 0 amide bonds. The first-order valence-corrected chi connectivity index (χ1v) is 11.2. The highest BCUT2D eigenvalue weighted by Gasteiger charge is 2.42. The molecule has 34 heavy (non-hydrogen) atoms. The summed E-state index contributed by atoms with van der Waals surface area (Å²) in [5, 5.41) is 5.13. The molecule has 4 aromatic carbocycles. The fourth-order valence-corrected chi connectivity index (χ4v) is 4.77. The highest BCUT2D eigenvalue weighted by atomic mass is 19.1. The molecule has 6 heteroatoms. The van der Waals surface area contributed by atoms with Gasteiger partial charge in [-0.15, -0.1) is 0 Å². The van der Waals surface area contributed by atoms with Gasteiger partial charge in [-0.25, -0.2) is 9.18 Å². The van der Waals surface area contributed by atoms with Crippen LogP contribution in [0.2, 0.25) is 0 Å². The largest absolute Gasteiger partial charge is 0.359 e. The number of carbonyl (C=O) groups is 1. The van der Waals surface area contributed by atoms with Crippen molar-refractivity contribution in [1.29, 1.82) is 0 Å². The van der Waals surface area contributed by atoms with E-state index in [1.165, 1.54) is 12.1 Å². The number of nitrogens with zero attached hydrogens (tertiary/aromatic N) is 1. The van der Waals surface area contributed by atoms with Crippen molar-refractivity contribution in [3.05, 3.63) is 118 Å². The van der Waals surface area contributed by atoms with Gasteiger partial charge < -0.3 is 4.98 Å².